The molecule has 0 fully saturated rings. The normalized spacial score (nSPS) is 11.2. The van der Waals surface area contributed by atoms with Gasteiger partial charge in [0.25, 0.3) is 0 Å². The Morgan fingerprint density at radius 1 is 1.09 bits per heavy atom. The highest BCUT2D eigenvalue weighted by Crippen LogP contribution is 2.33. The van der Waals surface area contributed by atoms with Gasteiger partial charge in [0.1, 0.15) is 23.1 Å². The molecule has 4 aromatic rings. The van der Waals surface area contributed by atoms with Crippen LogP contribution in [-0.2, 0) is 6.54 Å². The fourth-order valence-corrected chi connectivity index (χ4v) is 3.15. The Kier molecular flexibility index (Phi) is 3.39. The maximum Gasteiger partial charge on any atom is 0.156 e. The molecular weight excluding hydrogens is 310 g/mol. The number of nitrogens with zero attached hydrogens (tertiary/aromatic N) is 3. The summed E-state index contributed by atoms with van der Waals surface area (Å²) in [6.45, 7) is 0.709. The molecule has 0 atom stereocenters. The third-order valence-electron chi connectivity index (χ3n) is 3.98. The second kappa shape index (κ2) is 5.56. The predicted molar refractivity (Wildman–Crippen MR) is 92.1 cm³/mol. The van der Waals surface area contributed by atoms with Gasteiger partial charge in [0.05, 0.1) is 12.6 Å². The molecule has 4 nitrogen and oxygen atoms in total. The summed E-state index contributed by atoms with van der Waals surface area (Å²) < 4.78 is 7.50. The number of halogens is 1. The van der Waals surface area contributed by atoms with Gasteiger partial charge in [0.15, 0.2) is 5.15 Å². The molecular formula is C18H14ClN3O. The van der Waals surface area contributed by atoms with Gasteiger partial charge in [0.2, 0.25) is 0 Å². The lowest BCUT2D eigenvalue weighted by molar-refractivity contribution is 0.415. The van der Waals surface area contributed by atoms with Crippen LogP contribution in [0.15, 0.2) is 54.9 Å². The lowest BCUT2D eigenvalue weighted by Gasteiger charge is -2.08. The van der Waals surface area contributed by atoms with E-state index in [0.717, 1.165) is 27.7 Å². The van der Waals surface area contributed by atoms with Crippen molar-refractivity contribution in [2.45, 2.75) is 6.54 Å². The van der Waals surface area contributed by atoms with E-state index in [4.69, 9.17) is 16.3 Å². The highest BCUT2D eigenvalue weighted by Gasteiger charge is 2.16. The average molecular weight is 324 g/mol. The predicted octanol–water partition coefficient (Wildman–Crippen LogP) is 4.29. The zero-order valence-corrected chi connectivity index (χ0v) is 13.3. The van der Waals surface area contributed by atoms with Crippen LogP contribution < -0.4 is 4.74 Å². The molecule has 0 radical (unpaired) electrons. The number of fused-ring (bicyclic) bond motifs is 3. The fraction of sp³-hybridized carbons (Fsp3) is 0.111. The minimum absolute atomic E-state index is 0.459. The Hall–Kier alpha value is -2.59. The third-order valence-corrected chi connectivity index (χ3v) is 4.26. The molecule has 0 saturated heterocycles. The van der Waals surface area contributed by atoms with E-state index in [-0.39, 0.29) is 0 Å². The number of rotatable bonds is 3. The average Bonchev–Trinajstić information content (AvgIpc) is 2.90. The molecule has 4 rings (SSSR count). The molecule has 0 saturated carbocycles. The molecule has 0 N–H and O–H groups in total. The van der Waals surface area contributed by atoms with Crippen LogP contribution in [0.3, 0.4) is 0 Å². The van der Waals surface area contributed by atoms with E-state index in [1.165, 1.54) is 11.9 Å². The van der Waals surface area contributed by atoms with Crippen molar-refractivity contribution >= 4 is 33.5 Å². The summed E-state index contributed by atoms with van der Waals surface area (Å²) in [6, 6.07) is 16.2. The van der Waals surface area contributed by atoms with E-state index in [2.05, 4.69) is 26.7 Å². The van der Waals surface area contributed by atoms with Gasteiger partial charge < -0.3 is 9.30 Å². The van der Waals surface area contributed by atoms with Crippen molar-refractivity contribution in [1.82, 2.24) is 14.5 Å². The van der Waals surface area contributed by atoms with Crippen molar-refractivity contribution < 1.29 is 4.74 Å². The summed E-state index contributed by atoms with van der Waals surface area (Å²) in [5, 5.41) is 1.47. The van der Waals surface area contributed by atoms with E-state index in [1.54, 1.807) is 7.11 Å². The first-order chi connectivity index (χ1) is 11.3. The molecule has 2 aromatic heterocycles. The Bertz CT molecular complexity index is 995. The molecule has 114 valence electrons. The van der Waals surface area contributed by atoms with Gasteiger partial charge in [-0.2, -0.15) is 0 Å². The maximum atomic E-state index is 6.37. The minimum Gasteiger partial charge on any atom is -0.497 e. The third kappa shape index (κ3) is 2.32. The van der Waals surface area contributed by atoms with Crippen molar-refractivity contribution in [2.75, 3.05) is 7.11 Å². The van der Waals surface area contributed by atoms with Crippen LogP contribution in [0, 0.1) is 0 Å². The van der Waals surface area contributed by atoms with Crippen molar-refractivity contribution in [3.05, 3.63) is 65.6 Å². The first-order valence-electron chi connectivity index (χ1n) is 7.28. The van der Waals surface area contributed by atoms with Crippen LogP contribution in [0.4, 0.5) is 0 Å². The summed E-state index contributed by atoms with van der Waals surface area (Å²) in [6.07, 6.45) is 1.50. The first kappa shape index (κ1) is 14.0. The number of hydrogen-bond donors (Lipinski definition) is 0. The van der Waals surface area contributed by atoms with Crippen LogP contribution in [0.5, 0.6) is 5.75 Å². The monoisotopic (exact) mass is 323 g/mol. The Balaban J connectivity index is 2.03. The van der Waals surface area contributed by atoms with Crippen molar-refractivity contribution in [3.8, 4) is 5.75 Å². The highest BCUT2D eigenvalue weighted by atomic mass is 35.5. The smallest absolute Gasteiger partial charge is 0.156 e. The van der Waals surface area contributed by atoms with Gasteiger partial charge >= 0.3 is 0 Å². The molecule has 0 amide bonds. The lowest BCUT2D eigenvalue weighted by atomic mass is 10.2. The van der Waals surface area contributed by atoms with Crippen molar-refractivity contribution in [1.29, 1.82) is 0 Å². The van der Waals surface area contributed by atoms with E-state index >= 15 is 0 Å². The second-order valence-electron chi connectivity index (χ2n) is 5.32. The molecule has 23 heavy (non-hydrogen) atoms. The molecule has 0 aliphatic rings. The van der Waals surface area contributed by atoms with E-state index in [9.17, 15) is 0 Å². The molecule has 0 bridgehead atoms. The first-order valence-corrected chi connectivity index (χ1v) is 7.66. The van der Waals surface area contributed by atoms with Crippen LogP contribution in [0.2, 0.25) is 5.15 Å². The second-order valence-corrected chi connectivity index (χ2v) is 5.67. The Morgan fingerprint density at radius 2 is 1.91 bits per heavy atom. The summed E-state index contributed by atoms with van der Waals surface area (Å²) in [5.41, 5.74) is 3.95. The van der Waals surface area contributed by atoms with Crippen LogP contribution in [-0.4, -0.2) is 21.6 Å². The number of hydrogen-bond acceptors (Lipinski definition) is 3. The summed E-state index contributed by atoms with van der Waals surface area (Å²) in [4.78, 5) is 8.59. The van der Waals surface area contributed by atoms with Gasteiger partial charge in [-0.1, -0.05) is 41.9 Å². The number of benzene rings is 2. The largest absolute Gasteiger partial charge is 0.497 e. The fourth-order valence-electron chi connectivity index (χ4n) is 2.91. The van der Waals surface area contributed by atoms with Gasteiger partial charge in [-0.15, -0.1) is 0 Å². The maximum absolute atomic E-state index is 6.37. The molecule has 5 heteroatoms. The molecule has 2 heterocycles. The van der Waals surface area contributed by atoms with Gasteiger partial charge in [-0.3, -0.25) is 0 Å². The van der Waals surface area contributed by atoms with E-state index < -0.39 is 0 Å². The molecule has 2 aromatic carbocycles. The van der Waals surface area contributed by atoms with Crippen LogP contribution >= 0.6 is 11.6 Å². The van der Waals surface area contributed by atoms with Crippen molar-refractivity contribution in [2.24, 2.45) is 0 Å². The SMILES string of the molecule is COc1ccc2c(c1)c1ncnc(Cl)c1n2Cc1ccccc1. The van der Waals surface area contributed by atoms with Gasteiger partial charge in [0, 0.05) is 11.9 Å². The highest BCUT2D eigenvalue weighted by molar-refractivity contribution is 6.34. The number of ether oxygens (including phenoxy) is 1. The summed E-state index contributed by atoms with van der Waals surface area (Å²) >= 11 is 6.37. The van der Waals surface area contributed by atoms with Crippen molar-refractivity contribution in [3.63, 3.8) is 0 Å². The van der Waals surface area contributed by atoms with E-state index in [0.29, 0.717) is 11.7 Å². The minimum atomic E-state index is 0.459. The molecule has 0 spiro atoms. The molecule has 0 aliphatic heterocycles. The van der Waals surface area contributed by atoms with Crippen LogP contribution in [0.25, 0.3) is 21.9 Å². The van der Waals surface area contributed by atoms with Crippen LogP contribution in [0.1, 0.15) is 5.56 Å². The van der Waals surface area contributed by atoms with Gasteiger partial charge in [-0.05, 0) is 23.8 Å². The zero-order valence-electron chi connectivity index (χ0n) is 12.5. The lowest BCUT2D eigenvalue weighted by Crippen LogP contribution is -2.00. The van der Waals surface area contributed by atoms with Gasteiger partial charge in [-0.25, -0.2) is 9.97 Å². The molecule has 0 unspecified atom stereocenters. The summed E-state index contributed by atoms with van der Waals surface area (Å²) in [5.74, 6) is 0.797. The zero-order chi connectivity index (χ0) is 15.8. The standard InChI is InChI=1S/C18H14ClN3O/c1-23-13-7-8-15-14(9-13)16-17(18(19)21-11-20-16)22(15)10-12-5-3-2-4-6-12/h2-9,11H,10H2,1H3. The summed E-state index contributed by atoms with van der Waals surface area (Å²) in [7, 11) is 1.66. The quantitative estimate of drug-likeness (QED) is 0.528. The Labute approximate surface area is 138 Å². The number of methoxy groups -OCH3 is 1. The van der Waals surface area contributed by atoms with E-state index in [1.807, 2.05) is 36.4 Å². The molecule has 0 aliphatic carbocycles. The topological polar surface area (TPSA) is 39.9 Å². The number of aromatic nitrogens is 3. The Morgan fingerprint density at radius 3 is 2.70 bits per heavy atom.